The highest BCUT2D eigenvalue weighted by Crippen LogP contribution is 2.11. The van der Waals surface area contributed by atoms with E-state index in [0.29, 0.717) is 12.1 Å². The number of esters is 1. The van der Waals surface area contributed by atoms with E-state index in [4.69, 9.17) is 10.00 Å². The zero-order valence-corrected chi connectivity index (χ0v) is 12.2. The second kappa shape index (κ2) is 6.49. The van der Waals surface area contributed by atoms with E-state index in [-0.39, 0.29) is 18.1 Å². The van der Waals surface area contributed by atoms with E-state index in [1.807, 2.05) is 6.07 Å². The molecule has 0 fully saturated rings. The lowest BCUT2D eigenvalue weighted by atomic mass is 10.1. The summed E-state index contributed by atoms with van der Waals surface area (Å²) in [5.74, 6) is -0.790. The van der Waals surface area contributed by atoms with E-state index in [1.165, 1.54) is 12.1 Å². The van der Waals surface area contributed by atoms with Crippen LogP contribution in [0.25, 0.3) is 0 Å². The van der Waals surface area contributed by atoms with Crippen molar-refractivity contribution in [2.75, 3.05) is 13.6 Å². The molecule has 108 valence electrons. The maximum absolute atomic E-state index is 13.3. The second-order valence-corrected chi connectivity index (χ2v) is 5.72. The summed E-state index contributed by atoms with van der Waals surface area (Å²) < 4.78 is 18.5. The molecule has 20 heavy (non-hydrogen) atoms. The van der Waals surface area contributed by atoms with Crippen molar-refractivity contribution in [3.63, 3.8) is 0 Å². The van der Waals surface area contributed by atoms with Gasteiger partial charge < -0.3 is 4.74 Å². The molecule has 1 aromatic carbocycles. The highest BCUT2D eigenvalue weighted by molar-refractivity contribution is 5.72. The normalized spacial score (nSPS) is 11.2. The number of ether oxygens (including phenoxy) is 1. The lowest BCUT2D eigenvalue weighted by molar-refractivity contribution is -0.155. The van der Waals surface area contributed by atoms with Crippen molar-refractivity contribution in [3.8, 4) is 6.07 Å². The molecule has 0 amide bonds. The summed E-state index contributed by atoms with van der Waals surface area (Å²) in [4.78, 5) is 13.4. The molecule has 0 heterocycles. The lowest BCUT2D eigenvalue weighted by Gasteiger charge is -2.22. The Morgan fingerprint density at radius 1 is 1.40 bits per heavy atom. The Balaban J connectivity index is 2.63. The molecule has 1 aromatic rings. The Labute approximate surface area is 118 Å². The molecule has 0 aliphatic carbocycles. The van der Waals surface area contributed by atoms with E-state index >= 15 is 0 Å². The number of nitrogens with zero attached hydrogens (tertiary/aromatic N) is 2. The molecule has 0 N–H and O–H groups in total. The summed E-state index contributed by atoms with van der Waals surface area (Å²) in [6, 6.07) is 6.04. The van der Waals surface area contributed by atoms with Gasteiger partial charge in [0.2, 0.25) is 0 Å². The average Bonchev–Trinajstić information content (AvgIpc) is 2.24. The van der Waals surface area contributed by atoms with Gasteiger partial charge >= 0.3 is 5.97 Å². The summed E-state index contributed by atoms with van der Waals surface area (Å²) in [5.41, 5.74) is 0.392. The van der Waals surface area contributed by atoms with Crippen molar-refractivity contribution < 1.29 is 13.9 Å². The quantitative estimate of drug-likeness (QED) is 0.794. The van der Waals surface area contributed by atoms with E-state index in [2.05, 4.69) is 0 Å². The fourth-order valence-corrected chi connectivity index (χ4v) is 1.77. The maximum atomic E-state index is 13.3. The van der Waals surface area contributed by atoms with Crippen LogP contribution < -0.4 is 0 Å². The van der Waals surface area contributed by atoms with Gasteiger partial charge in [-0.25, -0.2) is 4.39 Å². The lowest BCUT2D eigenvalue weighted by Crippen LogP contribution is -2.32. The molecule has 5 heteroatoms. The molecule has 0 aliphatic rings. The Hall–Kier alpha value is -1.93. The maximum Gasteiger partial charge on any atom is 0.320 e. The third-order valence-electron chi connectivity index (χ3n) is 2.36. The Morgan fingerprint density at radius 3 is 2.60 bits per heavy atom. The van der Waals surface area contributed by atoms with Crippen LogP contribution in [-0.4, -0.2) is 30.1 Å². The third kappa shape index (κ3) is 5.81. The van der Waals surface area contributed by atoms with E-state index in [1.54, 1.807) is 38.8 Å². The number of hydrogen-bond donors (Lipinski definition) is 0. The van der Waals surface area contributed by atoms with E-state index in [9.17, 15) is 9.18 Å². The van der Waals surface area contributed by atoms with Crippen LogP contribution in [0.1, 0.15) is 31.9 Å². The topological polar surface area (TPSA) is 53.3 Å². The highest BCUT2D eigenvalue weighted by atomic mass is 19.1. The summed E-state index contributed by atoms with van der Waals surface area (Å²) in [7, 11) is 1.74. The number of carbonyl (C=O) groups is 1. The van der Waals surface area contributed by atoms with E-state index < -0.39 is 11.4 Å². The number of rotatable bonds is 4. The number of nitriles is 1. The van der Waals surface area contributed by atoms with Crippen LogP contribution in [-0.2, 0) is 16.1 Å². The monoisotopic (exact) mass is 278 g/mol. The summed E-state index contributed by atoms with van der Waals surface area (Å²) in [6.07, 6.45) is 0. The fourth-order valence-electron chi connectivity index (χ4n) is 1.77. The first-order valence-electron chi connectivity index (χ1n) is 6.29. The molecule has 0 saturated carbocycles. The molecule has 0 radical (unpaired) electrons. The predicted molar refractivity (Wildman–Crippen MR) is 73.3 cm³/mol. The molecule has 0 unspecified atom stereocenters. The first-order valence-corrected chi connectivity index (χ1v) is 6.29. The van der Waals surface area contributed by atoms with Crippen LogP contribution in [0.5, 0.6) is 0 Å². The molecule has 1 rings (SSSR count). The standard InChI is InChI=1S/C15H19FN2O2/c1-15(2,3)20-14(19)10-18(4)9-12-5-11(8-17)6-13(16)7-12/h5-7H,9-10H2,1-4H3. The largest absolute Gasteiger partial charge is 0.459 e. The van der Waals surface area contributed by atoms with Gasteiger partial charge in [0.05, 0.1) is 18.2 Å². The molecule has 0 aliphatic heterocycles. The van der Waals surface area contributed by atoms with Gasteiger partial charge in [-0.3, -0.25) is 9.69 Å². The van der Waals surface area contributed by atoms with E-state index in [0.717, 1.165) is 0 Å². The first-order chi connectivity index (χ1) is 9.19. The summed E-state index contributed by atoms with van der Waals surface area (Å²) in [5, 5.41) is 8.79. The van der Waals surface area contributed by atoms with Crippen LogP contribution in [0.4, 0.5) is 4.39 Å². The number of hydrogen-bond acceptors (Lipinski definition) is 4. The number of carbonyl (C=O) groups excluding carboxylic acids is 1. The molecule has 0 atom stereocenters. The van der Waals surface area contributed by atoms with Crippen LogP contribution >= 0.6 is 0 Å². The van der Waals surface area contributed by atoms with Gasteiger partial charge in [-0.05, 0) is 51.6 Å². The molecule has 0 bridgehead atoms. The van der Waals surface area contributed by atoms with Crippen molar-refractivity contribution >= 4 is 5.97 Å². The molecule has 4 nitrogen and oxygen atoms in total. The van der Waals surface area contributed by atoms with Crippen molar-refractivity contribution in [2.45, 2.75) is 32.9 Å². The van der Waals surface area contributed by atoms with Gasteiger partial charge in [-0.15, -0.1) is 0 Å². The Bertz CT molecular complexity index is 530. The van der Waals surface area contributed by atoms with Gasteiger partial charge in [-0.2, -0.15) is 5.26 Å². The average molecular weight is 278 g/mol. The van der Waals surface area contributed by atoms with Crippen LogP contribution in [0, 0.1) is 17.1 Å². The summed E-state index contributed by atoms with van der Waals surface area (Å²) in [6.45, 7) is 5.88. The molecular weight excluding hydrogens is 259 g/mol. The minimum absolute atomic E-state index is 0.107. The van der Waals surface area contributed by atoms with Crippen LogP contribution in [0.15, 0.2) is 18.2 Å². The van der Waals surface area contributed by atoms with Gasteiger partial charge in [0.1, 0.15) is 11.4 Å². The van der Waals surface area contributed by atoms with Crippen molar-refractivity contribution in [1.29, 1.82) is 5.26 Å². The third-order valence-corrected chi connectivity index (χ3v) is 2.36. The second-order valence-electron chi connectivity index (χ2n) is 5.72. The van der Waals surface area contributed by atoms with Crippen LogP contribution in [0.2, 0.25) is 0 Å². The first kappa shape index (κ1) is 16.1. The van der Waals surface area contributed by atoms with Gasteiger partial charge in [-0.1, -0.05) is 0 Å². The van der Waals surface area contributed by atoms with Gasteiger partial charge in [0.25, 0.3) is 0 Å². The Kier molecular flexibility index (Phi) is 5.23. The van der Waals surface area contributed by atoms with Crippen LogP contribution in [0.3, 0.4) is 0 Å². The molecule has 0 aromatic heterocycles. The molecule has 0 spiro atoms. The zero-order valence-electron chi connectivity index (χ0n) is 12.2. The van der Waals surface area contributed by atoms with Crippen molar-refractivity contribution in [3.05, 3.63) is 35.1 Å². The van der Waals surface area contributed by atoms with Gasteiger partial charge in [0, 0.05) is 6.54 Å². The Morgan fingerprint density at radius 2 is 2.05 bits per heavy atom. The van der Waals surface area contributed by atoms with Gasteiger partial charge in [0.15, 0.2) is 0 Å². The fraction of sp³-hybridized carbons (Fsp3) is 0.467. The number of benzene rings is 1. The minimum atomic E-state index is -0.523. The van der Waals surface area contributed by atoms with Crippen molar-refractivity contribution in [1.82, 2.24) is 4.90 Å². The molecular formula is C15H19FN2O2. The smallest absolute Gasteiger partial charge is 0.320 e. The number of halogens is 1. The minimum Gasteiger partial charge on any atom is -0.459 e. The molecule has 0 saturated heterocycles. The number of likely N-dealkylation sites (N-methyl/N-ethyl adjacent to an activating group) is 1. The SMILES string of the molecule is CN(CC(=O)OC(C)(C)C)Cc1cc(F)cc(C#N)c1. The predicted octanol–water partition coefficient (Wildman–Crippen LogP) is 2.47. The van der Waals surface area contributed by atoms with Crippen molar-refractivity contribution in [2.24, 2.45) is 0 Å². The zero-order chi connectivity index (χ0) is 15.3. The highest BCUT2D eigenvalue weighted by Gasteiger charge is 2.17. The summed E-state index contributed by atoms with van der Waals surface area (Å²) >= 11 is 0.